The van der Waals surface area contributed by atoms with Crippen LogP contribution in [0, 0.1) is 15.9 Å². The van der Waals surface area contributed by atoms with Crippen LogP contribution in [-0.2, 0) is 4.74 Å². The maximum atomic E-state index is 14.1. The van der Waals surface area contributed by atoms with Crippen LogP contribution >= 0.6 is 0 Å². The number of ether oxygens (including phenoxy) is 1. The topological polar surface area (TPSA) is 102 Å². The van der Waals surface area contributed by atoms with Gasteiger partial charge in [-0.2, -0.15) is 0 Å². The summed E-state index contributed by atoms with van der Waals surface area (Å²) in [5.41, 5.74) is 4.70. The monoisotopic (exact) mass is 340 g/mol. The Morgan fingerprint density at radius 2 is 1.88 bits per heavy atom. The van der Waals surface area contributed by atoms with Gasteiger partial charge in [-0.05, 0) is 26.8 Å². The summed E-state index contributed by atoms with van der Waals surface area (Å²) in [5.74, 6) is -0.707. The molecule has 9 heteroatoms. The number of rotatable bonds is 2. The predicted octanol–water partition coefficient (Wildman–Crippen LogP) is 2.37. The molecule has 0 unspecified atom stereocenters. The van der Waals surface area contributed by atoms with Gasteiger partial charge in [0.15, 0.2) is 5.82 Å². The number of amides is 1. The van der Waals surface area contributed by atoms with E-state index < -0.39 is 28.1 Å². The van der Waals surface area contributed by atoms with Gasteiger partial charge in [0.05, 0.1) is 16.7 Å². The first-order chi connectivity index (χ1) is 11.1. The Labute approximate surface area is 139 Å². The molecule has 2 N–H and O–H groups in total. The van der Waals surface area contributed by atoms with Gasteiger partial charge in [0.25, 0.3) is 5.69 Å². The van der Waals surface area contributed by atoms with E-state index in [1.165, 1.54) is 6.07 Å². The molecular weight excluding hydrogens is 319 g/mol. The van der Waals surface area contributed by atoms with Crippen LogP contribution in [0.25, 0.3) is 0 Å². The van der Waals surface area contributed by atoms with Crippen LogP contribution in [0.3, 0.4) is 0 Å². The maximum absolute atomic E-state index is 14.1. The molecule has 132 valence electrons. The van der Waals surface area contributed by atoms with Crippen molar-refractivity contribution in [2.24, 2.45) is 0 Å². The molecule has 1 aromatic carbocycles. The number of halogens is 1. The first kappa shape index (κ1) is 17.8. The molecule has 24 heavy (non-hydrogen) atoms. The number of nitrogens with zero attached hydrogens (tertiary/aromatic N) is 3. The van der Waals surface area contributed by atoms with Crippen LogP contribution in [0.15, 0.2) is 12.1 Å². The third kappa shape index (κ3) is 4.03. The van der Waals surface area contributed by atoms with E-state index >= 15 is 0 Å². The summed E-state index contributed by atoms with van der Waals surface area (Å²) in [6, 6.07) is 2.08. The lowest BCUT2D eigenvalue weighted by Crippen LogP contribution is -2.50. The van der Waals surface area contributed by atoms with Gasteiger partial charge in [-0.1, -0.05) is 0 Å². The van der Waals surface area contributed by atoms with E-state index in [1.807, 2.05) is 0 Å². The summed E-state index contributed by atoms with van der Waals surface area (Å²) in [6.07, 6.45) is -0.411. The van der Waals surface area contributed by atoms with Crippen molar-refractivity contribution in [3.8, 4) is 0 Å². The van der Waals surface area contributed by atoms with E-state index in [2.05, 4.69) is 0 Å². The minimum atomic E-state index is -0.720. The molecular formula is C15H21FN4O4. The first-order valence-corrected chi connectivity index (χ1v) is 7.55. The smallest absolute Gasteiger partial charge is 0.410 e. The summed E-state index contributed by atoms with van der Waals surface area (Å²) < 4.78 is 19.4. The highest BCUT2D eigenvalue weighted by molar-refractivity contribution is 5.70. The van der Waals surface area contributed by atoms with Crippen LogP contribution in [0.4, 0.5) is 26.2 Å². The zero-order valence-corrected chi connectivity index (χ0v) is 13.9. The second-order valence-electron chi connectivity index (χ2n) is 6.57. The minimum Gasteiger partial charge on any atom is -0.444 e. The second kappa shape index (κ2) is 6.50. The molecule has 0 aromatic heterocycles. The van der Waals surface area contributed by atoms with E-state index in [0.29, 0.717) is 26.2 Å². The van der Waals surface area contributed by atoms with Crippen molar-refractivity contribution in [3.63, 3.8) is 0 Å². The number of hydrogen-bond acceptors (Lipinski definition) is 6. The quantitative estimate of drug-likeness (QED) is 0.504. The van der Waals surface area contributed by atoms with Crippen LogP contribution in [0.5, 0.6) is 0 Å². The molecule has 0 bridgehead atoms. The maximum Gasteiger partial charge on any atom is 0.410 e. The number of carbonyl (C=O) groups excluding carboxylic acids is 1. The number of nitrogen functional groups attached to an aromatic ring is 1. The van der Waals surface area contributed by atoms with Gasteiger partial charge in [0.1, 0.15) is 11.3 Å². The van der Waals surface area contributed by atoms with Crippen LogP contribution in [0.2, 0.25) is 0 Å². The highest BCUT2D eigenvalue weighted by atomic mass is 19.1. The second-order valence-corrected chi connectivity index (χ2v) is 6.57. The molecule has 2 rings (SSSR count). The molecule has 0 saturated carbocycles. The Kier molecular flexibility index (Phi) is 4.81. The van der Waals surface area contributed by atoms with Gasteiger partial charge in [0.2, 0.25) is 0 Å². The van der Waals surface area contributed by atoms with Gasteiger partial charge in [0, 0.05) is 26.2 Å². The number of piperazine rings is 1. The third-order valence-corrected chi connectivity index (χ3v) is 3.56. The summed E-state index contributed by atoms with van der Waals surface area (Å²) >= 11 is 0. The number of anilines is 2. The molecule has 1 aliphatic rings. The van der Waals surface area contributed by atoms with Crippen LogP contribution < -0.4 is 10.6 Å². The molecule has 1 aliphatic heterocycles. The van der Waals surface area contributed by atoms with Crippen molar-refractivity contribution in [1.82, 2.24) is 4.90 Å². The number of carbonyl (C=O) groups is 1. The molecule has 0 atom stereocenters. The Balaban J connectivity index is 2.06. The number of nitrogens with two attached hydrogens (primary N) is 1. The normalized spacial score (nSPS) is 15.3. The molecule has 1 aromatic rings. The summed E-state index contributed by atoms with van der Waals surface area (Å²) in [5, 5.41) is 10.8. The fraction of sp³-hybridized carbons (Fsp3) is 0.533. The fourth-order valence-electron chi connectivity index (χ4n) is 2.42. The summed E-state index contributed by atoms with van der Waals surface area (Å²) in [6.45, 7) is 6.86. The molecule has 0 spiro atoms. The standard InChI is InChI=1S/C15H21FN4O4/c1-15(2,3)24-14(21)19-6-4-18(5-7-19)12-9-11(17)13(20(22)23)8-10(12)16/h8-9H,4-7,17H2,1-3H3. The number of nitro groups is 1. The average Bonchev–Trinajstić information content (AvgIpc) is 2.47. The highest BCUT2D eigenvalue weighted by Gasteiger charge is 2.28. The van der Waals surface area contributed by atoms with Crippen molar-refractivity contribution < 1.29 is 18.8 Å². The average molecular weight is 340 g/mol. The number of benzene rings is 1. The Bertz CT molecular complexity index is 652. The number of hydrogen-bond donors (Lipinski definition) is 1. The molecule has 1 saturated heterocycles. The summed E-state index contributed by atoms with van der Waals surface area (Å²) in [4.78, 5) is 25.3. The van der Waals surface area contributed by atoms with Gasteiger partial charge < -0.3 is 20.3 Å². The van der Waals surface area contributed by atoms with Gasteiger partial charge in [-0.25, -0.2) is 9.18 Å². The van der Waals surface area contributed by atoms with Crippen molar-refractivity contribution in [1.29, 1.82) is 0 Å². The third-order valence-electron chi connectivity index (χ3n) is 3.56. The van der Waals surface area contributed by atoms with E-state index in [0.717, 1.165) is 6.07 Å². The van der Waals surface area contributed by atoms with Gasteiger partial charge >= 0.3 is 6.09 Å². The largest absolute Gasteiger partial charge is 0.444 e. The summed E-state index contributed by atoms with van der Waals surface area (Å²) in [7, 11) is 0. The van der Waals surface area contributed by atoms with Crippen molar-refractivity contribution in [2.75, 3.05) is 36.8 Å². The first-order valence-electron chi connectivity index (χ1n) is 7.55. The van der Waals surface area contributed by atoms with Gasteiger partial charge in [-0.3, -0.25) is 10.1 Å². The fourth-order valence-corrected chi connectivity index (χ4v) is 2.42. The molecule has 1 fully saturated rings. The van der Waals surface area contributed by atoms with Crippen molar-refractivity contribution in [3.05, 3.63) is 28.1 Å². The zero-order valence-electron chi connectivity index (χ0n) is 13.9. The SMILES string of the molecule is CC(C)(C)OC(=O)N1CCN(c2cc(N)c([N+](=O)[O-])cc2F)CC1. The van der Waals surface area contributed by atoms with Crippen molar-refractivity contribution in [2.45, 2.75) is 26.4 Å². The van der Waals surface area contributed by atoms with Crippen LogP contribution in [0.1, 0.15) is 20.8 Å². The molecule has 0 radical (unpaired) electrons. The van der Waals surface area contributed by atoms with E-state index in [-0.39, 0.29) is 11.4 Å². The van der Waals surface area contributed by atoms with Crippen LogP contribution in [-0.4, -0.2) is 47.7 Å². The molecule has 1 heterocycles. The molecule has 8 nitrogen and oxygen atoms in total. The lowest BCUT2D eigenvalue weighted by atomic mass is 10.2. The van der Waals surface area contributed by atoms with E-state index in [9.17, 15) is 19.3 Å². The zero-order chi connectivity index (χ0) is 18.1. The predicted molar refractivity (Wildman–Crippen MR) is 87.5 cm³/mol. The Hall–Kier alpha value is -2.58. The lowest BCUT2D eigenvalue weighted by molar-refractivity contribution is -0.384. The lowest BCUT2D eigenvalue weighted by Gasteiger charge is -2.36. The molecule has 0 aliphatic carbocycles. The van der Waals surface area contributed by atoms with Crippen molar-refractivity contribution >= 4 is 23.2 Å². The van der Waals surface area contributed by atoms with Gasteiger partial charge in [-0.15, -0.1) is 0 Å². The number of nitro benzene ring substituents is 1. The Morgan fingerprint density at radius 3 is 2.38 bits per heavy atom. The minimum absolute atomic E-state index is 0.0917. The Morgan fingerprint density at radius 1 is 1.29 bits per heavy atom. The van der Waals surface area contributed by atoms with E-state index in [1.54, 1.807) is 30.6 Å². The highest BCUT2D eigenvalue weighted by Crippen LogP contribution is 2.31. The molecule has 1 amide bonds. The van der Waals surface area contributed by atoms with E-state index in [4.69, 9.17) is 10.5 Å².